The highest BCUT2D eigenvalue weighted by Crippen LogP contribution is 2.30. The minimum atomic E-state index is -0.483. The number of amides is 1. The molecule has 1 fully saturated rings. The van der Waals surface area contributed by atoms with E-state index in [0.717, 1.165) is 35.9 Å². The summed E-state index contributed by atoms with van der Waals surface area (Å²) in [7, 11) is 0. The second-order valence-electron chi connectivity index (χ2n) is 8.43. The van der Waals surface area contributed by atoms with Crippen LogP contribution in [-0.4, -0.2) is 49.6 Å². The summed E-state index contributed by atoms with van der Waals surface area (Å²) >= 11 is 0. The fraction of sp³-hybridized carbons (Fsp3) is 0.524. The molecular formula is C21H27N5O3. The number of rotatable bonds is 3. The standard InChI is InChI=1S/C21H27N5O3/c1-5-26-17-12-15(6-7-16(17)13-22-26)18-23-19(29-24-18)14-8-10-25(11-9-14)20(27)28-21(2,3)4/h6-7,12-14H,5,8-11H2,1-4H3. The summed E-state index contributed by atoms with van der Waals surface area (Å²) in [6, 6.07) is 6.06. The van der Waals surface area contributed by atoms with Gasteiger partial charge in [-0.25, -0.2) is 4.79 Å². The van der Waals surface area contributed by atoms with Crippen molar-refractivity contribution in [1.82, 2.24) is 24.8 Å². The molecule has 0 aliphatic carbocycles. The Morgan fingerprint density at radius 2 is 2.03 bits per heavy atom. The fourth-order valence-corrected chi connectivity index (χ4v) is 3.62. The average Bonchev–Trinajstić information content (AvgIpc) is 3.33. The highest BCUT2D eigenvalue weighted by molar-refractivity contribution is 5.83. The number of benzene rings is 1. The van der Waals surface area contributed by atoms with E-state index in [2.05, 4.69) is 22.2 Å². The highest BCUT2D eigenvalue weighted by atomic mass is 16.6. The molecule has 1 aromatic carbocycles. The van der Waals surface area contributed by atoms with Crippen LogP contribution in [0.4, 0.5) is 4.79 Å². The molecule has 1 aliphatic rings. The summed E-state index contributed by atoms with van der Waals surface area (Å²) in [5, 5.41) is 9.66. The van der Waals surface area contributed by atoms with Gasteiger partial charge in [0.25, 0.3) is 0 Å². The molecule has 3 heterocycles. The van der Waals surface area contributed by atoms with Crippen LogP contribution in [0.25, 0.3) is 22.3 Å². The zero-order valence-electron chi connectivity index (χ0n) is 17.4. The van der Waals surface area contributed by atoms with Gasteiger partial charge < -0.3 is 14.2 Å². The number of piperidine rings is 1. The highest BCUT2D eigenvalue weighted by Gasteiger charge is 2.30. The SMILES string of the molecule is CCn1ncc2ccc(-c3noc(C4CCN(C(=O)OC(C)(C)C)CC4)n3)cc21. The van der Waals surface area contributed by atoms with Gasteiger partial charge in [0.15, 0.2) is 0 Å². The summed E-state index contributed by atoms with van der Waals surface area (Å²) in [5.74, 6) is 1.37. The maximum Gasteiger partial charge on any atom is 0.410 e. The average molecular weight is 397 g/mol. The molecule has 1 amide bonds. The third-order valence-electron chi connectivity index (χ3n) is 5.14. The van der Waals surface area contributed by atoms with E-state index in [9.17, 15) is 4.79 Å². The van der Waals surface area contributed by atoms with Gasteiger partial charge in [0, 0.05) is 36.5 Å². The van der Waals surface area contributed by atoms with Crippen LogP contribution in [-0.2, 0) is 11.3 Å². The molecule has 1 saturated heterocycles. The summed E-state index contributed by atoms with van der Waals surface area (Å²) in [6.45, 7) is 9.75. The Balaban J connectivity index is 1.44. The predicted octanol–water partition coefficient (Wildman–Crippen LogP) is 4.22. The predicted molar refractivity (Wildman–Crippen MR) is 108 cm³/mol. The first kappa shape index (κ1) is 19.4. The Bertz CT molecular complexity index is 1010. The lowest BCUT2D eigenvalue weighted by atomic mass is 9.97. The van der Waals surface area contributed by atoms with E-state index in [0.29, 0.717) is 24.8 Å². The van der Waals surface area contributed by atoms with E-state index < -0.39 is 5.60 Å². The monoisotopic (exact) mass is 397 g/mol. The molecule has 0 atom stereocenters. The van der Waals surface area contributed by atoms with E-state index in [-0.39, 0.29) is 12.0 Å². The van der Waals surface area contributed by atoms with Crippen molar-refractivity contribution in [1.29, 1.82) is 0 Å². The van der Waals surface area contributed by atoms with Crippen LogP contribution in [0, 0.1) is 0 Å². The Hall–Kier alpha value is -2.90. The molecule has 0 radical (unpaired) electrons. The number of nitrogens with zero attached hydrogens (tertiary/aromatic N) is 5. The van der Waals surface area contributed by atoms with Crippen LogP contribution < -0.4 is 0 Å². The molecule has 8 nitrogen and oxygen atoms in total. The Morgan fingerprint density at radius 3 is 2.72 bits per heavy atom. The van der Waals surface area contributed by atoms with Gasteiger partial charge in [-0.15, -0.1) is 0 Å². The third kappa shape index (κ3) is 4.11. The number of ether oxygens (including phenoxy) is 1. The molecule has 0 unspecified atom stereocenters. The molecule has 0 N–H and O–H groups in total. The third-order valence-corrected chi connectivity index (χ3v) is 5.14. The molecular weight excluding hydrogens is 370 g/mol. The zero-order valence-corrected chi connectivity index (χ0v) is 17.4. The van der Waals surface area contributed by atoms with Crippen molar-refractivity contribution in [3.05, 3.63) is 30.3 Å². The van der Waals surface area contributed by atoms with Crippen molar-refractivity contribution >= 4 is 17.0 Å². The van der Waals surface area contributed by atoms with E-state index in [1.54, 1.807) is 4.90 Å². The fourth-order valence-electron chi connectivity index (χ4n) is 3.62. The molecule has 154 valence electrons. The van der Waals surface area contributed by atoms with Crippen molar-refractivity contribution in [3.63, 3.8) is 0 Å². The lowest BCUT2D eigenvalue weighted by Gasteiger charge is -2.32. The number of carbonyl (C=O) groups excluding carboxylic acids is 1. The minimum absolute atomic E-state index is 0.153. The van der Waals surface area contributed by atoms with Crippen LogP contribution in [0.5, 0.6) is 0 Å². The van der Waals surface area contributed by atoms with E-state index in [1.165, 1.54) is 0 Å². The van der Waals surface area contributed by atoms with Crippen molar-refractivity contribution in [2.75, 3.05) is 13.1 Å². The summed E-state index contributed by atoms with van der Waals surface area (Å²) < 4.78 is 13.0. The molecule has 0 saturated carbocycles. The lowest BCUT2D eigenvalue weighted by molar-refractivity contribution is 0.0198. The number of hydrogen-bond acceptors (Lipinski definition) is 6. The molecule has 8 heteroatoms. The van der Waals surface area contributed by atoms with Gasteiger partial charge in [-0.2, -0.15) is 10.1 Å². The van der Waals surface area contributed by atoms with Crippen LogP contribution in [0.3, 0.4) is 0 Å². The number of likely N-dealkylation sites (tertiary alicyclic amines) is 1. The zero-order chi connectivity index (χ0) is 20.6. The van der Waals surface area contributed by atoms with E-state index in [4.69, 9.17) is 9.26 Å². The van der Waals surface area contributed by atoms with E-state index in [1.807, 2.05) is 49.8 Å². The molecule has 3 aromatic rings. The lowest BCUT2D eigenvalue weighted by Crippen LogP contribution is -2.41. The Kier molecular flexibility index (Phi) is 5.02. The van der Waals surface area contributed by atoms with Crippen LogP contribution in [0.2, 0.25) is 0 Å². The van der Waals surface area contributed by atoms with Crippen molar-refractivity contribution < 1.29 is 14.1 Å². The van der Waals surface area contributed by atoms with Crippen molar-refractivity contribution in [3.8, 4) is 11.4 Å². The Morgan fingerprint density at radius 1 is 1.28 bits per heavy atom. The number of aromatic nitrogens is 4. The summed E-state index contributed by atoms with van der Waals surface area (Å²) in [6.07, 6.45) is 3.16. The maximum absolute atomic E-state index is 12.2. The summed E-state index contributed by atoms with van der Waals surface area (Å²) in [4.78, 5) is 18.6. The number of carbonyl (C=O) groups is 1. The molecule has 4 rings (SSSR count). The van der Waals surface area contributed by atoms with Gasteiger partial charge >= 0.3 is 6.09 Å². The van der Waals surface area contributed by atoms with Crippen molar-refractivity contribution in [2.24, 2.45) is 0 Å². The smallest absolute Gasteiger partial charge is 0.410 e. The first-order chi connectivity index (χ1) is 13.8. The first-order valence-corrected chi connectivity index (χ1v) is 10.1. The quantitative estimate of drug-likeness (QED) is 0.658. The molecule has 2 aromatic heterocycles. The maximum atomic E-state index is 12.2. The van der Waals surface area contributed by atoms with Gasteiger partial charge in [-0.3, -0.25) is 4.68 Å². The minimum Gasteiger partial charge on any atom is -0.444 e. The van der Waals surface area contributed by atoms with Gasteiger partial charge in [0.2, 0.25) is 11.7 Å². The molecule has 0 spiro atoms. The number of aryl methyl sites for hydroxylation is 1. The van der Waals surface area contributed by atoms with Gasteiger partial charge in [0.1, 0.15) is 5.60 Å². The Labute approximate surface area is 169 Å². The number of fused-ring (bicyclic) bond motifs is 1. The summed E-state index contributed by atoms with van der Waals surface area (Å²) in [5.41, 5.74) is 1.49. The molecule has 29 heavy (non-hydrogen) atoms. The van der Waals surface area contributed by atoms with Crippen LogP contribution >= 0.6 is 0 Å². The van der Waals surface area contributed by atoms with Crippen LogP contribution in [0.15, 0.2) is 28.9 Å². The molecule has 1 aliphatic heterocycles. The largest absolute Gasteiger partial charge is 0.444 e. The normalized spacial score (nSPS) is 15.8. The van der Waals surface area contributed by atoms with Crippen LogP contribution in [0.1, 0.15) is 52.3 Å². The first-order valence-electron chi connectivity index (χ1n) is 10.1. The molecule has 0 bridgehead atoms. The number of hydrogen-bond donors (Lipinski definition) is 0. The van der Waals surface area contributed by atoms with E-state index >= 15 is 0 Å². The van der Waals surface area contributed by atoms with Gasteiger partial charge in [-0.05, 0) is 46.6 Å². The van der Waals surface area contributed by atoms with Gasteiger partial charge in [0.05, 0.1) is 11.7 Å². The topological polar surface area (TPSA) is 86.3 Å². The van der Waals surface area contributed by atoms with Gasteiger partial charge in [-0.1, -0.05) is 17.3 Å². The van der Waals surface area contributed by atoms with Crippen molar-refractivity contribution in [2.45, 2.75) is 58.6 Å². The second kappa shape index (κ2) is 7.50. The second-order valence-corrected chi connectivity index (χ2v) is 8.43.